The van der Waals surface area contributed by atoms with E-state index in [2.05, 4.69) is 20.5 Å². The molecule has 40 heavy (non-hydrogen) atoms. The highest BCUT2D eigenvalue weighted by Gasteiger charge is 2.20. The predicted molar refractivity (Wildman–Crippen MR) is 148 cm³/mol. The fraction of sp³-hybridized carbons (Fsp3) is 0.172. The van der Waals surface area contributed by atoms with Gasteiger partial charge in [0.1, 0.15) is 12.1 Å². The maximum atomic E-state index is 14.8. The van der Waals surface area contributed by atoms with Crippen LogP contribution in [0.3, 0.4) is 0 Å². The van der Waals surface area contributed by atoms with E-state index < -0.39 is 5.82 Å². The Morgan fingerprint density at radius 1 is 1.00 bits per heavy atom. The molecule has 2 heterocycles. The van der Waals surface area contributed by atoms with Crippen LogP contribution in [-0.2, 0) is 12.2 Å². The summed E-state index contributed by atoms with van der Waals surface area (Å²) in [5.41, 5.74) is 2.29. The highest BCUT2D eigenvalue weighted by atomic mass is 32.2. The molecule has 5 aromatic rings. The van der Waals surface area contributed by atoms with Gasteiger partial charge in [0.15, 0.2) is 28.2 Å². The van der Waals surface area contributed by atoms with Gasteiger partial charge in [0.05, 0.1) is 25.7 Å². The van der Waals surface area contributed by atoms with Gasteiger partial charge in [0.2, 0.25) is 5.89 Å². The molecule has 0 aliphatic rings. The first-order valence-corrected chi connectivity index (χ1v) is 13.4. The number of oxazole rings is 1. The molecular formula is C29H26FN5O4S. The Labute approximate surface area is 234 Å². The van der Waals surface area contributed by atoms with Gasteiger partial charge in [-0.2, -0.15) is 0 Å². The van der Waals surface area contributed by atoms with Gasteiger partial charge in [-0.25, -0.2) is 9.37 Å². The van der Waals surface area contributed by atoms with E-state index in [1.54, 1.807) is 37.0 Å². The number of thioether (sulfide) groups is 1. The smallest absolute Gasteiger partial charge is 0.273 e. The van der Waals surface area contributed by atoms with Gasteiger partial charge < -0.3 is 19.2 Å². The van der Waals surface area contributed by atoms with E-state index >= 15 is 0 Å². The van der Waals surface area contributed by atoms with Crippen LogP contribution in [0, 0.1) is 5.82 Å². The summed E-state index contributed by atoms with van der Waals surface area (Å²) in [5, 5.41) is 11.9. The van der Waals surface area contributed by atoms with Gasteiger partial charge in [-0.15, -0.1) is 10.2 Å². The SMILES string of the molecule is COc1ccc(CCNC(=O)c2coc(CSc3nnc(-c4ccccc4)n3-c3ccccc3F)n2)cc1OC. The zero-order chi connectivity index (χ0) is 27.9. The summed E-state index contributed by atoms with van der Waals surface area (Å²) in [6, 6.07) is 21.5. The molecule has 0 bridgehead atoms. The molecule has 5 rings (SSSR count). The molecule has 0 aliphatic carbocycles. The van der Waals surface area contributed by atoms with Crippen molar-refractivity contribution in [2.75, 3.05) is 20.8 Å². The van der Waals surface area contributed by atoms with Crippen molar-refractivity contribution in [3.8, 4) is 28.6 Å². The van der Waals surface area contributed by atoms with Gasteiger partial charge in [0, 0.05) is 12.1 Å². The molecule has 1 amide bonds. The molecule has 1 N–H and O–H groups in total. The second kappa shape index (κ2) is 12.5. The van der Waals surface area contributed by atoms with E-state index in [0.29, 0.717) is 47.0 Å². The average Bonchev–Trinajstić information content (AvgIpc) is 3.64. The van der Waals surface area contributed by atoms with Crippen LogP contribution in [0.1, 0.15) is 21.9 Å². The summed E-state index contributed by atoms with van der Waals surface area (Å²) in [4.78, 5) is 16.9. The van der Waals surface area contributed by atoms with Crippen LogP contribution in [-0.4, -0.2) is 46.4 Å². The first kappa shape index (κ1) is 26.9. The van der Waals surface area contributed by atoms with Crippen molar-refractivity contribution in [2.45, 2.75) is 17.3 Å². The Hall–Kier alpha value is -4.64. The van der Waals surface area contributed by atoms with Gasteiger partial charge >= 0.3 is 0 Å². The maximum Gasteiger partial charge on any atom is 0.273 e. The molecule has 9 nitrogen and oxygen atoms in total. The number of ether oxygens (including phenoxy) is 2. The second-order valence-electron chi connectivity index (χ2n) is 8.57. The number of methoxy groups -OCH3 is 2. The van der Waals surface area contributed by atoms with Gasteiger partial charge in [0.25, 0.3) is 5.91 Å². The van der Waals surface area contributed by atoms with Gasteiger partial charge in [-0.1, -0.05) is 60.3 Å². The highest BCUT2D eigenvalue weighted by Crippen LogP contribution is 2.31. The normalized spacial score (nSPS) is 10.9. The van der Waals surface area contributed by atoms with Gasteiger partial charge in [-0.05, 0) is 36.2 Å². The monoisotopic (exact) mass is 559 g/mol. The number of para-hydroxylation sites is 1. The minimum atomic E-state index is -0.399. The van der Waals surface area contributed by atoms with E-state index in [-0.39, 0.29) is 17.4 Å². The molecule has 0 radical (unpaired) electrons. The molecular weight excluding hydrogens is 533 g/mol. The van der Waals surface area contributed by atoms with Crippen molar-refractivity contribution in [2.24, 2.45) is 0 Å². The number of halogens is 1. The summed E-state index contributed by atoms with van der Waals surface area (Å²) in [5.74, 6) is 1.64. The number of nitrogens with one attached hydrogen (secondary N) is 1. The van der Waals surface area contributed by atoms with Crippen LogP contribution in [0.25, 0.3) is 17.1 Å². The number of carbonyl (C=O) groups excluding carboxylic acids is 1. The molecule has 3 aromatic carbocycles. The van der Waals surface area contributed by atoms with Crippen molar-refractivity contribution in [1.82, 2.24) is 25.1 Å². The number of amides is 1. The van der Waals surface area contributed by atoms with Crippen molar-refractivity contribution in [3.63, 3.8) is 0 Å². The van der Waals surface area contributed by atoms with E-state index in [9.17, 15) is 9.18 Å². The predicted octanol–water partition coefficient (Wildman–Crippen LogP) is 5.34. The number of hydrogen-bond acceptors (Lipinski definition) is 8. The van der Waals surface area contributed by atoms with E-state index in [1.807, 2.05) is 48.5 Å². The maximum absolute atomic E-state index is 14.8. The lowest BCUT2D eigenvalue weighted by Crippen LogP contribution is -2.26. The lowest BCUT2D eigenvalue weighted by atomic mass is 10.1. The highest BCUT2D eigenvalue weighted by molar-refractivity contribution is 7.98. The zero-order valence-corrected chi connectivity index (χ0v) is 22.7. The second-order valence-corrected chi connectivity index (χ2v) is 9.51. The van der Waals surface area contributed by atoms with Crippen LogP contribution < -0.4 is 14.8 Å². The molecule has 0 unspecified atom stereocenters. The summed E-state index contributed by atoms with van der Waals surface area (Å²) in [6.07, 6.45) is 1.92. The Morgan fingerprint density at radius 2 is 1.77 bits per heavy atom. The van der Waals surface area contributed by atoms with Crippen molar-refractivity contribution in [1.29, 1.82) is 0 Å². The minimum absolute atomic E-state index is 0.170. The minimum Gasteiger partial charge on any atom is -0.493 e. The number of aromatic nitrogens is 4. The molecule has 0 spiro atoms. The summed E-state index contributed by atoms with van der Waals surface area (Å²) >= 11 is 1.28. The van der Waals surface area contributed by atoms with Gasteiger partial charge in [-0.3, -0.25) is 9.36 Å². The summed E-state index contributed by atoms with van der Waals surface area (Å²) < 4.78 is 32.6. The third kappa shape index (κ3) is 5.99. The number of nitrogens with zero attached hydrogens (tertiary/aromatic N) is 4. The fourth-order valence-corrected chi connectivity index (χ4v) is 4.84. The Balaban J connectivity index is 1.24. The lowest BCUT2D eigenvalue weighted by Gasteiger charge is -2.10. The standard InChI is InChI=1S/C29H26FN5O4S/c1-37-24-13-12-19(16-25(24)38-2)14-15-31-28(36)22-17-39-26(32-22)18-40-29-34-33-27(20-8-4-3-5-9-20)35(29)23-11-7-6-10-21(23)30/h3-13,16-17H,14-15,18H2,1-2H3,(H,31,36). The Bertz CT molecular complexity index is 1610. The van der Waals surface area contributed by atoms with Crippen molar-refractivity contribution >= 4 is 17.7 Å². The number of carbonyl (C=O) groups is 1. The summed E-state index contributed by atoms with van der Waals surface area (Å²) in [7, 11) is 3.16. The van der Waals surface area contributed by atoms with E-state index in [0.717, 1.165) is 11.1 Å². The Morgan fingerprint density at radius 3 is 2.55 bits per heavy atom. The summed E-state index contributed by atoms with van der Waals surface area (Å²) in [6.45, 7) is 0.402. The van der Waals surface area contributed by atoms with Crippen molar-refractivity contribution < 1.29 is 23.1 Å². The molecule has 204 valence electrons. The Kier molecular flexibility index (Phi) is 8.41. The topological polar surface area (TPSA) is 104 Å². The number of benzene rings is 3. The molecule has 0 fully saturated rings. The molecule has 2 aromatic heterocycles. The number of rotatable bonds is 11. The van der Waals surface area contributed by atoms with Crippen molar-refractivity contribution in [3.05, 3.63) is 102 Å². The zero-order valence-electron chi connectivity index (χ0n) is 21.8. The lowest BCUT2D eigenvalue weighted by molar-refractivity contribution is 0.0949. The molecule has 0 saturated heterocycles. The van der Waals surface area contributed by atoms with E-state index in [1.165, 1.54) is 24.1 Å². The fourth-order valence-electron chi connectivity index (χ4n) is 4.04. The van der Waals surface area contributed by atoms with Crippen LogP contribution in [0.15, 0.2) is 88.6 Å². The van der Waals surface area contributed by atoms with Crippen LogP contribution >= 0.6 is 11.8 Å². The number of hydrogen-bond donors (Lipinski definition) is 1. The largest absolute Gasteiger partial charge is 0.493 e. The first-order valence-electron chi connectivity index (χ1n) is 12.4. The first-order chi connectivity index (χ1) is 19.6. The molecule has 0 saturated carbocycles. The molecule has 11 heteroatoms. The van der Waals surface area contributed by atoms with Crippen LogP contribution in [0.4, 0.5) is 4.39 Å². The van der Waals surface area contributed by atoms with Crippen LogP contribution in [0.2, 0.25) is 0 Å². The van der Waals surface area contributed by atoms with E-state index in [4.69, 9.17) is 13.9 Å². The molecule has 0 atom stereocenters. The quantitative estimate of drug-likeness (QED) is 0.216. The average molecular weight is 560 g/mol. The molecule has 0 aliphatic heterocycles. The van der Waals surface area contributed by atoms with Crippen LogP contribution in [0.5, 0.6) is 11.5 Å². The third-order valence-electron chi connectivity index (χ3n) is 6.02. The third-order valence-corrected chi connectivity index (χ3v) is 6.93.